The average Bonchev–Trinajstić information content (AvgIpc) is 2.19. The Morgan fingerprint density at radius 1 is 1.36 bits per heavy atom. The second kappa shape index (κ2) is 4.89. The first-order valence-electron chi connectivity index (χ1n) is 4.73. The van der Waals surface area contributed by atoms with Crippen LogP contribution in [0.25, 0.3) is 0 Å². The molecule has 1 aromatic rings. The van der Waals surface area contributed by atoms with Crippen molar-refractivity contribution in [1.29, 1.82) is 0 Å². The van der Waals surface area contributed by atoms with Crippen LogP contribution < -0.4 is 0 Å². The Bertz CT molecular complexity index is 347. The van der Waals surface area contributed by atoms with Crippen molar-refractivity contribution in [3.63, 3.8) is 0 Å². The first kappa shape index (κ1) is 10.1. The van der Waals surface area contributed by atoms with E-state index >= 15 is 0 Å². The van der Waals surface area contributed by atoms with E-state index in [1.54, 1.807) is 11.8 Å². The lowest BCUT2D eigenvalue weighted by Gasteiger charge is -2.11. The first-order valence-corrected chi connectivity index (χ1v) is 6.94. The maximum Gasteiger partial charge on any atom is 0.0775 e. The van der Waals surface area contributed by atoms with Crippen LogP contribution in [0.4, 0.5) is 5.69 Å². The van der Waals surface area contributed by atoms with E-state index in [0.717, 1.165) is 12.1 Å². The molecule has 0 N–H and O–H groups in total. The predicted molar refractivity (Wildman–Crippen MR) is 67.0 cm³/mol. The molecule has 14 heavy (non-hydrogen) atoms. The van der Waals surface area contributed by atoms with Crippen molar-refractivity contribution < 1.29 is 0 Å². The molecule has 0 amide bonds. The van der Waals surface area contributed by atoms with Gasteiger partial charge in [0.25, 0.3) is 0 Å². The third kappa shape index (κ3) is 2.34. The fraction of sp³-hybridized carbons (Fsp3) is 0.364. The first-order chi connectivity index (χ1) is 6.90. The molecule has 0 unspecified atom stereocenters. The van der Waals surface area contributed by atoms with E-state index in [-0.39, 0.29) is 0 Å². The molecule has 3 heteroatoms. The highest BCUT2D eigenvalue weighted by molar-refractivity contribution is 8.13. The molecule has 0 fully saturated rings. The van der Waals surface area contributed by atoms with Gasteiger partial charge in [-0.25, -0.2) is 4.99 Å². The van der Waals surface area contributed by atoms with E-state index in [0.29, 0.717) is 0 Å². The minimum Gasteiger partial charge on any atom is -0.245 e. The minimum absolute atomic E-state index is 1.13. The Kier molecular flexibility index (Phi) is 3.54. The third-order valence-electron chi connectivity index (χ3n) is 2.14. The number of aliphatic imine (C=N–C) groups is 1. The van der Waals surface area contributed by atoms with Crippen molar-refractivity contribution in [2.24, 2.45) is 4.99 Å². The van der Waals surface area contributed by atoms with Crippen LogP contribution in [0.3, 0.4) is 0 Å². The van der Waals surface area contributed by atoms with Gasteiger partial charge in [-0.15, -0.1) is 23.5 Å². The summed E-state index contributed by atoms with van der Waals surface area (Å²) < 4.78 is 0. The van der Waals surface area contributed by atoms with Gasteiger partial charge in [-0.1, -0.05) is 12.1 Å². The molecular weight excluding hydrogens is 210 g/mol. The van der Waals surface area contributed by atoms with Crippen LogP contribution in [0.15, 0.2) is 34.2 Å². The summed E-state index contributed by atoms with van der Waals surface area (Å²) in [6.45, 7) is 0. The molecule has 0 radical (unpaired) electrons. The van der Waals surface area contributed by atoms with E-state index in [4.69, 9.17) is 0 Å². The van der Waals surface area contributed by atoms with Crippen LogP contribution in [-0.4, -0.2) is 17.1 Å². The number of hydrogen-bond donors (Lipinski definition) is 0. The summed E-state index contributed by atoms with van der Waals surface area (Å²) in [7, 11) is 0. The van der Waals surface area contributed by atoms with E-state index in [9.17, 15) is 0 Å². The standard InChI is InChI=1S/C11H13NS2/c1-13-11-7-4-8-14-10-6-3-2-5-9(10)12-11/h2-3,5-6H,4,7-8H2,1H3. The van der Waals surface area contributed by atoms with E-state index in [1.165, 1.54) is 22.1 Å². The summed E-state index contributed by atoms with van der Waals surface area (Å²) in [6.07, 6.45) is 4.47. The van der Waals surface area contributed by atoms with Gasteiger partial charge >= 0.3 is 0 Å². The van der Waals surface area contributed by atoms with Crippen molar-refractivity contribution in [3.05, 3.63) is 24.3 Å². The molecule has 1 aliphatic heterocycles. The summed E-state index contributed by atoms with van der Waals surface area (Å²) in [4.78, 5) is 5.99. The van der Waals surface area contributed by atoms with Crippen LogP contribution in [-0.2, 0) is 0 Å². The fourth-order valence-corrected chi connectivity index (χ4v) is 2.90. The monoisotopic (exact) mass is 223 g/mol. The molecule has 0 saturated carbocycles. The Morgan fingerprint density at radius 2 is 2.21 bits per heavy atom. The normalized spacial score (nSPS) is 16.5. The van der Waals surface area contributed by atoms with Gasteiger partial charge in [0.05, 0.1) is 10.7 Å². The van der Waals surface area contributed by atoms with Crippen LogP contribution in [0.5, 0.6) is 0 Å². The summed E-state index contributed by atoms with van der Waals surface area (Å²) in [5.74, 6) is 1.20. The van der Waals surface area contributed by atoms with Gasteiger partial charge in [0.1, 0.15) is 0 Å². The second-order valence-electron chi connectivity index (χ2n) is 3.13. The SMILES string of the molecule is CSC1=Nc2ccccc2SCCC1. The van der Waals surface area contributed by atoms with Gasteiger partial charge < -0.3 is 0 Å². The Labute approximate surface area is 93.4 Å². The van der Waals surface area contributed by atoms with Crippen LogP contribution in [0.2, 0.25) is 0 Å². The molecule has 0 bridgehead atoms. The summed E-state index contributed by atoms with van der Waals surface area (Å²) >= 11 is 3.69. The molecule has 1 aromatic carbocycles. The highest BCUT2D eigenvalue weighted by Gasteiger charge is 2.07. The summed E-state index contributed by atoms with van der Waals surface area (Å²) in [5.41, 5.74) is 1.14. The van der Waals surface area contributed by atoms with Crippen molar-refractivity contribution in [2.45, 2.75) is 17.7 Å². The quantitative estimate of drug-likeness (QED) is 0.660. The van der Waals surface area contributed by atoms with Crippen LogP contribution in [0, 0.1) is 0 Å². The van der Waals surface area contributed by atoms with Gasteiger partial charge in [-0.3, -0.25) is 0 Å². The molecular formula is C11H13NS2. The van der Waals surface area contributed by atoms with Crippen molar-refractivity contribution in [3.8, 4) is 0 Å². The lowest BCUT2D eigenvalue weighted by Crippen LogP contribution is -1.95. The van der Waals surface area contributed by atoms with E-state index in [2.05, 4.69) is 35.5 Å². The zero-order valence-electron chi connectivity index (χ0n) is 8.19. The molecule has 1 aliphatic rings. The minimum atomic E-state index is 1.13. The molecule has 0 aliphatic carbocycles. The third-order valence-corrected chi connectivity index (χ3v) is 4.05. The van der Waals surface area contributed by atoms with Gasteiger partial charge in [0.15, 0.2) is 0 Å². The predicted octanol–water partition coefficient (Wildman–Crippen LogP) is 3.97. The molecule has 74 valence electrons. The number of hydrogen-bond acceptors (Lipinski definition) is 3. The maximum atomic E-state index is 4.68. The smallest absolute Gasteiger partial charge is 0.0775 e. The highest BCUT2D eigenvalue weighted by Crippen LogP contribution is 2.33. The van der Waals surface area contributed by atoms with Gasteiger partial charge in [0.2, 0.25) is 0 Å². The average molecular weight is 223 g/mol. The molecule has 0 saturated heterocycles. The number of benzene rings is 1. The summed E-state index contributed by atoms with van der Waals surface area (Å²) in [5, 5.41) is 1.26. The molecule has 1 nitrogen and oxygen atoms in total. The Morgan fingerprint density at radius 3 is 3.07 bits per heavy atom. The largest absolute Gasteiger partial charge is 0.245 e. The number of fused-ring (bicyclic) bond motifs is 1. The van der Waals surface area contributed by atoms with Crippen molar-refractivity contribution in [1.82, 2.24) is 0 Å². The highest BCUT2D eigenvalue weighted by atomic mass is 32.2. The lowest BCUT2D eigenvalue weighted by molar-refractivity contribution is 1.01. The lowest BCUT2D eigenvalue weighted by atomic mass is 10.3. The number of para-hydroxylation sites is 1. The van der Waals surface area contributed by atoms with Crippen LogP contribution in [0.1, 0.15) is 12.8 Å². The Hall–Kier alpha value is -0.410. The molecule has 2 rings (SSSR count). The zero-order chi connectivity index (χ0) is 9.80. The number of rotatable bonds is 0. The van der Waals surface area contributed by atoms with Gasteiger partial charge in [-0.2, -0.15) is 0 Å². The van der Waals surface area contributed by atoms with Gasteiger partial charge in [-0.05, 0) is 37.0 Å². The summed E-state index contributed by atoms with van der Waals surface area (Å²) in [6, 6.07) is 8.40. The van der Waals surface area contributed by atoms with E-state index in [1.807, 2.05) is 11.8 Å². The molecule has 0 spiro atoms. The second-order valence-corrected chi connectivity index (χ2v) is 5.15. The van der Waals surface area contributed by atoms with Crippen LogP contribution >= 0.6 is 23.5 Å². The number of nitrogens with zero attached hydrogens (tertiary/aromatic N) is 1. The molecule has 1 heterocycles. The zero-order valence-corrected chi connectivity index (χ0v) is 9.83. The van der Waals surface area contributed by atoms with Crippen molar-refractivity contribution in [2.75, 3.05) is 12.0 Å². The maximum absolute atomic E-state index is 4.68. The number of thioether (sulfide) groups is 2. The van der Waals surface area contributed by atoms with E-state index < -0.39 is 0 Å². The molecule has 0 aromatic heterocycles. The molecule has 0 atom stereocenters. The van der Waals surface area contributed by atoms with Gasteiger partial charge in [0, 0.05) is 4.90 Å². The fourth-order valence-electron chi connectivity index (χ4n) is 1.42. The van der Waals surface area contributed by atoms with Crippen molar-refractivity contribution >= 4 is 34.3 Å². The Balaban J connectivity index is 2.38. The topological polar surface area (TPSA) is 12.4 Å².